The number of nitro benzene ring substituents is 1. The molecule has 0 saturated heterocycles. The molecule has 126 valence electrons. The molecule has 7 heteroatoms. The lowest BCUT2D eigenvalue weighted by Crippen LogP contribution is -1.95. The van der Waals surface area contributed by atoms with Gasteiger partial charge in [-0.15, -0.1) is 0 Å². The van der Waals surface area contributed by atoms with Crippen molar-refractivity contribution in [2.75, 3.05) is 0 Å². The van der Waals surface area contributed by atoms with Crippen LogP contribution < -0.4 is 0 Å². The number of fused-ring (bicyclic) bond motifs is 1. The number of hydrogen-bond donors (Lipinski definition) is 0. The summed E-state index contributed by atoms with van der Waals surface area (Å²) in [5.41, 5.74) is 2.12. The van der Waals surface area contributed by atoms with Gasteiger partial charge in [-0.05, 0) is 35.9 Å². The Morgan fingerprint density at radius 3 is 2.40 bits per heavy atom. The van der Waals surface area contributed by atoms with Crippen molar-refractivity contribution >= 4 is 56.7 Å². The summed E-state index contributed by atoms with van der Waals surface area (Å²) in [6, 6.07) is 15.1. The lowest BCUT2D eigenvalue weighted by Gasteiger charge is -2.01. The van der Waals surface area contributed by atoms with Crippen LogP contribution in [0.5, 0.6) is 0 Å². The van der Waals surface area contributed by atoms with Crippen LogP contribution in [-0.4, -0.2) is 15.7 Å². The molecule has 3 aromatic rings. The van der Waals surface area contributed by atoms with Gasteiger partial charge >= 0.3 is 0 Å². The number of halogens is 2. The van der Waals surface area contributed by atoms with Gasteiger partial charge in [-0.25, -0.2) is 0 Å². The third kappa shape index (κ3) is 4.80. The van der Waals surface area contributed by atoms with Crippen LogP contribution in [0.1, 0.15) is 15.9 Å². The highest BCUT2D eigenvalue weighted by molar-refractivity contribution is 9.93. The molecule has 3 rings (SSSR count). The second-order valence-corrected chi connectivity index (χ2v) is 4.92. The minimum atomic E-state index is -0.493. The quantitative estimate of drug-likeness (QED) is 0.214. The maximum atomic E-state index is 12.2. The van der Waals surface area contributed by atoms with Gasteiger partial charge in [0.25, 0.3) is 5.69 Å². The fourth-order valence-corrected chi connectivity index (χ4v) is 2.27. The van der Waals surface area contributed by atoms with Gasteiger partial charge < -0.3 is 0 Å². The van der Waals surface area contributed by atoms with Crippen LogP contribution in [-0.2, 0) is 0 Å². The molecule has 0 aliphatic heterocycles. The molecule has 0 atom stereocenters. The number of allylic oxidation sites excluding steroid dienone is 1. The number of non-ortho nitro benzene ring substituents is 1. The van der Waals surface area contributed by atoms with E-state index < -0.39 is 4.92 Å². The lowest BCUT2D eigenvalue weighted by atomic mass is 10.1. The minimum absolute atomic E-state index is 0.0364. The molecule has 0 N–H and O–H groups in total. The summed E-state index contributed by atoms with van der Waals surface area (Å²) in [7, 11) is 0. The molecule has 0 saturated carbocycles. The van der Waals surface area contributed by atoms with Crippen molar-refractivity contribution in [3.05, 3.63) is 88.1 Å². The smallest absolute Gasteiger partial charge is 0.269 e. The highest BCUT2D eigenvalue weighted by Crippen LogP contribution is 2.18. The first-order valence-electron chi connectivity index (χ1n) is 7.10. The Hall–Kier alpha value is -2.38. The number of benzene rings is 2. The van der Waals surface area contributed by atoms with Gasteiger partial charge in [0.2, 0.25) is 0 Å². The summed E-state index contributed by atoms with van der Waals surface area (Å²) < 4.78 is 0. The maximum absolute atomic E-state index is 12.2. The molecule has 25 heavy (non-hydrogen) atoms. The van der Waals surface area contributed by atoms with E-state index in [0.717, 1.165) is 16.5 Å². The summed E-state index contributed by atoms with van der Waals surface area (Å²) in [6.45, 7) is 0. The monoisotopic (exact) mass is 462 g/mol. The maximum Gasteiger partial charge on any atom is 0.269 e. The molecule has 0 fully saturated rings. The zero-order valence-electron chi connectivity index (χ0n) is 12.8. The summed E-state index contributed by atoms with van der Waals surface area (Å²) in [5.74, 6) is -0.208. The predicted molar refractivity (Wildman–Crippen MR) is 106 cm³/mol. The van der Waals surface area contributed by atoms with Crippen LogP contribution in [0.15, 0.2) is 66.9 Å². The van der Waals surface area contributed by atoms with Gasteiger partial charge in [-0.2, -0.15) is 0 Å². The van der Waals surface area contributed by atoms with Gasteiger partial charge in [0.05, 0.1) is 10.4 Å². The molecule has 0 aliphatic carbocycles. The Balaban J connectivity index is 0.00000109. The SMILES string of the molecule is BrBr.O=C(/C=C\c1ccnc2ccccc12)c1ccc([N+](=O)[O-])cc1. The number of nitro groups is 1. The lowest BCUT2D eigenvalue weighted by molar-refractivity contribution is -0.384. The Morgan fingerprint density at radius 1 is 1.04 bits per heavy atom. The van der Waals surface area contributed by atoms with Gasteiger partial charge in [0, 0.05) is 57.5 Å². The van der Waals surface area contributed by atoms with Crippen LogP contribution in [0.4, 0.5) is 5.69 Å². The first-order chi connectivity index (χ1) is 12.1. The third-order valence-electron chi connectivity index (χ3n) is 3.46. The van der Waals surface area contributed by atoms with E-state index in [0.29, 0.717) is 5.56 Å². The molecule has 1 aromatic heterocycles. The second-order valence-electron chi connectivity index (χ2n) is 4.92. The zero-order chi connectivity index (χ0) is 18.2. The summed E-state index contributed by atoms with van der Waals surface area (Å²) in [6.07, 6.45) is 4.88. The van der Waals surface area contributed by atoms with Crippen LogP contribution in [0.3, 0.4) is 0 Å². The van der Waals surface area contributed by atoms with Gasteiger partial charge in [-0.1, -0.05) is 24.3 Å². The largest absolute Gasteiger partial charge is 0.289 e. The number of aromatic nitrogens is 1. The number of para-hydroxylation sites is 1. The average molecular weight is 464 g/mol. The Kier molecular flexibility index (Phi) is 6.97. The number of ketones is 1. The zero-order valence-corrected chi connectivity index (χ0v) is 16.0. The number of nitrogens with zero attached hydrogens (tertiary/aromatic N) is 2. The molecule has 5 nitrogen and oxygen atoms in total. The number of rotatable bonds is 4. The van der Waals surface area contributed by atoms with E-state index in [1.54, 1.807) is 12.3 Å². The number of carbonyl (C=O) groups excluding carboxylic acids is 1. The van der Waals surface area contributed by atoms with E-state index in [1.165, 1.54) is 30.3 Å². The van der Waals surface area contributed by atoms with E-state index in [2.05, 4.69) is 33.2 Å². The van der Waals surface area contributed by atoms with E-state index in [1.807, 2.05) is 30.3 Å². The normalized spacial score (nSPS) is 10.3. The Bertz CT molecular complexity index is 920. The molecule has 2 aromatic carbocycles. The van der Waals surface area contributed by atoms with E-state index in [4.69, 9.17) is 0 Å². The number of hydrogen-bond acceptors (Lipinski definition) is 4. The van der Waals surface area contributed by atoms with E-state index in [9.17, 15) is 14.9 Å². The molecular formula is C18H12Br2N2O3. The predicted octanol–water partition coefficient (Wildman–Crippen LogP) is 5.73. The fourth-order valence-electron chi connectivity index (χ4n) is 2.27. The summed E-state index contributed by atoms with van der Waals surface area (Å²) >= 11 is 5.50. The Morgan fingerprint density at radius 2 is 1.72 bits per heavy atom. The molecule has 0 unspecified atom stereocenters. The highest BCUT2D eigenvalue weighted by atomic mass is 80.9. The first kappa shape index (κ1) is 19.0. The molecular weight excluding hydrogens is 452 g/mol. The number of carbonyl (C=O) groups is 1. The topological polar surface area (TPSA) is 73.1 Å². The van der Waals surface area contributed by atoms with Crippen molar-refractivity contribution in [2.24, 2.45) is 0 Å². The van der Waals surface area contributed by atoms with Crippen molar-refractivity contribution in [1.82, 2.24) is 4.98 Å². The van der Waals surface area contributed by atoms with Crippen molar-refractivity contribution in [2.45, 2.75) is 0 Å². The van der Waals surface area contributed by atoms with Crippen molar-refractivity contribution in [1.29, 1.82) is 0 Å². The summed E-state index contributed by atoms with van der Waals surface area (Å²) in [4.78, 5) is 26.6. The molecule has 0 amide bonds. The van der Waals surface area contributed by atoms with Crippen molar-refractivity contribution in [3.8, 4) is 0 Å². The minimum Gasteiger partial charge on any atom is -0.289 e. The average Bonchev–Trinajstić information content (AvgIpc) is 2.67. The van der Waals surface area contributed by atoms with Gasteiger partial charge in [0.15, 0.2) is 5.78 Å². The van der Waals surface area contributed by atoms with E-state index in [-0.39, 0.29) is 11.5 Å². The standard InChI is InChI=1S/C18H12N2O3.Br2/c21-18(14-5-8-15(9-6-14)20(22)23)10-7-13-11-12-19-17-4-2-1-3-16(13)17;1-2/h1-12H;/b10-7-;. The number of pyridine rings is 1. The van der Waals surface area contributed by atoms with Crippen molar-refractivity contribution in [3.63, 3.8) is 0 Å². The fraction of sp³-hybridized carbons (Fsp3) is 0. The highest BCUT2D eigenvalue weighted by Gasteiger charge is 2.07. The molecule has 0 aliphatic rings. The van der Waals surface area contributed by atoms with Crippen molar-refractivity contribution < 1.29 is 9.72 Å². The first-order valence-corrected chi connectivity index (χ1v) is 10.8. The van der Waals surface area contributed by atoms with E-state index >= 15 is 0 Å². The van der Waals surface area contributed by atoms with Crippen LogP contribution >= 0.6 is 28.3 Å². The second kappa shape index (κ2) is 9.19. The van der Waals surface area contributed by atoms with Gasteiger partial charge in [0.1, 0.15) is 0 Å². The van der Waals surface area contributed by atoms with Crippen LogP contribution in [0.25, 0.3) is 17.0 Å². The van der Waals surface area contributed by atoms with Crippen LogP contribution in [0.2, 0.25) is 0 Å². The van der Waals surface area contributed by atoms with Gasteiger partial charge in [-0.3, -0.25) is 19.9 Å². The molecule has 1 heterocycles. The Labute approximate surface area is 159 Å². The molecule has 0 spiro atoms. The van der Waals surface area contributed by atoms with Crippen LogP contribution in [0, 0.1) is 10.1 Å². The third-order valence-corrected chi connectivity index (χ3v) is 3.46. The summed E-state index contributed by atoms with van der Waals surface area (Å²) in [5, 5.41) is 11.6. The molecule has 0 bridgehead atoms. The molecule has 0 radical (unpaired) electrons.